The summed E-state index contributed by atoms with van der Waals surface area (Å²) < 4.78 is 5.77. The van der Waals surface area contributed by atoms with E-state index < -0.39 is 0 Å². The maximum absolute atomic E-state index is 12.1. The van der Waals surface area contributed by atoms with Crippen LogP contribution in [0.15, 0.2) is 0 Å². The highest BCUT2D eigenvalue weighted by Gasteiger charge is 2.32. The van der Waals surface area contributed by atoms with Crippen molar-refractivity contribution in [2.75, 3.05) is 20.6 Å². The molecule has 3 nitrogen and oxygen atoms in total. The Balaban J connectivity index is 2.50. The van der Waals surface area contributed by atoms with Gasteiger partial charge in [-0.1, -0.05) is 13.3 Å². The fourth-order valence-corrected chi connectivity index (χ4v) is 2.54. The molecule has 3 heteroatoms. The van der Waals surface area contributed by atoms with E-state index in [-0.39, 0.29) is 17.5 Å². The molecule has 1 aliphatic rings. The molecular weight excluding hydrogens is 214 g/mol. The summed E-state index contributed by atoms with van der Waals surface area (Å²) in [4.78, 5) is 14.2. The Kier molecular flexibility index (Phi) is 5.44. The Labute approximate surface area is 106 Å². The number of nitrogens with zero attached hydrogens (tertiary/aromatic N) is 1. The fraction of sp³-hybridized carbons (Fsp3) is 0.929. The van der Waals surface area contributed by atoms with Crippen LogP contribution in [-0.2, 0) is 9.53 Å². The minimum atomic E-state index is -0.199. The lowest BCUT2D eigenvalue weighted by Gasteiger charge is -2.34. The summed E-state index contributed by atoms with van der Waals surface area (Å²) in [5.74, 6) is 0.00866. The van der Waals surface area contributed by atoms with E-state index in [0.717, 1.165) is 25.8 Å². The van der Waals surface area contributed by atoms with Crippen LogP contribution in [0.5, 0.6) is 0 Å². The van der Waals surface area contributed by atoms with Gasteiger partial charge >= 0.3 is 5.97 Å². The van der Waals surface area contributed by atoms with Crippen molar-refractivity contribution in [2.24, 2.45) is 5.92 Å². The third-order valence-electron chi connectivity index (χ3n) is 3.67. The Bertz CT molecular complexity index is 245. The van der Waals surface area contributed by atoms with Gasteiger partial charge in [0.25, 0.3) is 0 Å². The number of rotatable bonds is 5. The van der Waals surface area contributed by atoms with Crippen LogP contribution in [0.3, 0.4) is 0 Å². The van der Waals surface area contributed by atoms with Crippen molar-refractivity contribution in [1.29, 1.82) is 0 Å². The van der Waals surface area contributed by atoms with E-state index in [9.17, 15) is 4.79 Å². The summed E-state index contributed by atoms with van der Waals surface area (Å²) in [6, 6.07) is 0. The molecule has 0 aromatic carbocycles. The Morgan fingerprint density at radius 1 is 1.29 bits per heavy atom. The Morgan fingerprint density at radius 2 is 1.88 bits per heavy atom. The third kappa shape index (κ3) is 4.66. The number of hydrogen-bond acceptors (Lipinski definition) is 3. The molecule has 0 spiro atoms. The molecule has 0 heterocycles. The Morgan fingerprint density at radius 3 is 2.35 bits per heavy atom. The van der Waals surface area contributed by atoms with E-state index in [1.807, 2.05) is 14.1 Å². The minimum absolute atomic E-state index is 0.00870. The van der Waals surface area contributed by atoms with Crippen molar-refractivity contribution in [3.8, 4) is 0 Å². The first kappa shape index (κ1) is 14.5. The average Bonchev–Trinajstić information content (AvgIpc) is 2.25. The largest absolute Gasteiger partial charge is 0.459 e. The number of ether oxygens (including phenoxy) is 1. The van der Waals surface area contributed by atoms with Gasteiger partial charge < -0.3 is 9.64 Å². The highest BCUT2D eigenvalue weighted by atomic mass is 16.6. The smallest absolute Gasteiger partial charge is 0.310 e. The van der Waals surface area contributed by atoms with Gasteiger partial charge in [-0.25, -0.2) is 0 Å². The van der Waals surface area contributed by atoms with E-state index in [4.69, 9.17) is 4.74 Å². The van der Waals surface area contributed by atoms with Crippen LogP contribution in [-0.4, -0.2) is 37.1 Å². The molecule has 0 bridgehead atoms. The van der Waals surface area contributed by atoms with Crippen molar-refractivity contribution in [3.05, 3.63) is 0 Å². The highest BCUT2D eigenvalue weighted by molar-refractivity contribution is 5.73. The molecule has 0 saturated heterocycles. The van der Waals surface area contributed by atoms with Gasteiger partial charge in [0.05, 0.1) is 5.92 Å². The zero-order valence-electron chi connectivity index (χ0n) is 11.8. The maximum Gasteiger partial charge on any atom is 0.310 e. The summed E-state index contributed by atoms with van der Waals surface area (Å²) >= 11 is 0. The van der Waals surface area contributed by atoms with Crippen molar-refractivity contribution < 1.29 is 9.53 Å². The first-order valence-corrected chi connectivity index (χ1v) is 6.84. The molecule has 0 N–H and O–H groups in total. The van der Waals surface area contributed by atoms with Crippen LogP contribution in [0.1, 0.15) is 52.4 Å². The van der Waals surface area contributed by atoms with E-state index >= 15 is 0 Å². The Hall–Kier alpha value is -0.570. The topological polar surface area (TPSA) is 29.5 Å². The molecule has 0 aromatic heterocycles. The quantitative estimate of drug-likeness (QED) is 0.693. The molecule has 1 aliphatic carbocycles. The summed E-state index contributed by atoms with van der Waals surface area (Å²) in [5, 5.41) is 0. The zero-order chi connectivity index (χ0) is 12.9. The molecule has 1 rings (SSSR count). The SMILES string of the molecule is CCC(CN(C)C)C(=O)OC1(C)CCCCC1. The predicted octanol–water partition coefficient (Wildman–Crippen LogP) is 2.84. The number of esters is 1. The van der Waals surface area contributed by atoms with Crippen LogP contribution in [0, 0.1) is 5.92 Å². The van der Waals surface area contributed by atoms with Crippen molar-refractivity contribution in [3.63, 3.8) is 0 Å². The van der Waals surface area contributed by atoms with Crippen molar-refractivity contribution in [2.45, 2.75) is 58.0 Å². The summed E-state index contributed by atoms with van der Waals surface area (Å²) in [6.45, 7) is 4.93. The van der Waals surface area contributed by atoms with Gasteiger partial charge in [-0.15, -0.1) is 0 Å². The average molecular weight is 241 g/mol. The molecule has 100 valence electrons. The van der Waals surface area contributed by atoms with Gasteiger partial charge in [-0.05, 0) is 53.1 Å². The molecule has 1 saturated carbocycles. The standard InChI is InChI=1S/C14H27NO2/c1-5-12(11-15(3)4)13(16)17-14(2)9-7-6-8-10-14/h12H,5-11H2,1-4H3. The molecule has 0 amide bonds. The highest BCUT2D eigenvalue weighted by Crippen LogP contribution is 2.32. The summed E-state index contributed by atoms with van der Waals surface area (Å²) in [7, 11) is 4.00. The first-order valence-electron chi connectivity index (χ1n) is 6.84. The predicted molar refractivity (Wildman–Crippen MR) is 69.9 cm³/mol. The van der Waals surface area contributed by atoms with Crippen LogP contribution >= 0.6 is 0 Å². The summed E-state index contributed by atoms with van der Waals surface area (Å²) in [5.41, 5.74) is -0.199. The lowest BCUT2D eigenvalue weighted by atomic mass is 9.86. The number of carbonyl (C=O) groups is 1. The molecular formula is C14H27NO2. The second kappa shape index (κ2) is 6.39. The third-order valence-corrected chi connectivity index (χ3v) is 3.67. The van der Waals surface area contributed by atoms with Crippen molar-refractivity contribution >= 4 is 5.97 Å². The second-order valence-corrected chi connectivity index (χ2v) is 5.80. The number of hydrogen-bond donors (Lipinski definition) is 0. The minimum Gasteiger partial charge on any atom is -0.459 e. The zero-order valence-corrected chi connectivity index (χ0v) is 11.8. The van der Waals surface area contributed by atoms with E-state index in [2.05, 4.69) is 18.7 Å². The second-order valence-electron chi connectivity index (χ2n) is 5.80. The monoisotopic (exact) mass is 241 g/mol. The van der Waals surface area contributed by atoms with Gasteiger partial charge in [0, 0.05) is 6.54 Å². The molecule has 0 aromatic rings. The van der Waals surface area contributed by atoms with Crippen LogP contribution < -0.4 is 0 Å². The maximum atomic E-state index is 12.1. The van der Waals surface area contributed by atoms with Gasteiger partial charge in [0.1, 0.15) is 5.60 Å². The van der Waals surface area contributed by atoms with Gasteiger partial charge in [-0.2, -0.15) is 0 Å². The molecule has 1 atom stereocenters. The molecule has 0 radical (unpaired) electrons. The van der Waals surface area contributed by atoms with Crippen LogP contribution in [0.4, 0.5) is 0 Å². The lowest BCUT2D eigenvalue weighted by Crippen LogP contribution is -2.38. The van der Waals surface area contributed by atoms with Gasteiger partial charge in [0.15, 0.2) is 0 Å². The molecule has 0 aliphatic heterocycles. The lowest BCUT2D eigenvalue weighted by molar-refractivity contribution is -0.166. The first-order chi connectivity index (χ1) is 7.97. The molecule has 1 unspecified atom stereocenters. The summed E-state index contributed by atoms with van der Waals surface area (Å²) in [6.07, 6.45) is 6.56. The fourth-order valence-electron chi connectivity index (χ4n) is 2.54. The van der Waals surface area contributed by atoms with Crippen LogP contribution in [0.2, 0.25) is 0 Å². The number of carbonyl (C=O) groups excluding carboxylic acids is 1. The van der Waals surface area contributed by atoms with Crippen molar-refractivity contribution in [1.82, 2.24) is 4.90 Å². The van der Waals surface area contributed by atoms with E-state index in [1.54, 1.807) is 0 Å². The van der Waals surface area contributed by atoms with Gasteiger partial charge in [-0.3, -0.25) is 4.79 Å². The molecule has 1 fully saturated rings. The van der Waals surface area contributed by atoms with E-state index in [1.165, 1.54) is 19.3 Å². The van der Waals surface area contributed by atoms with E-state index in [0.29, 0.717) is 0 Å². The van der Waals surface area contributed by atoms with Gasteiger partial charge in [0.2, 0.25) is 0 Å². The van der Waals surface area contributed by atoms with Crippen LogP contribution in [0.25, 0.3) is 0 Å². The normalized spacial score (nSPS) is 21.2. The molecule has 17 heavy (non-hydrogen) atoms.